The summed E-state index contributed by atoms with van der Waals surface area (Å²) in [4.78, 5) is 6.28. The maximum atomic E-state index is 8.99. The van der Waals surface area contributed by atoms with Crippen LogP contribution in [0.5, 0.6) is 0 Å². The van der Waals surface area contributed by atoms with Gasteiger partial charge < -0.3 is 9.42 Å². The van der Waals surface area contributed by atoms with Crippen LogP contribution in [-0.4, -0.2) is 28.8 Å². The van der Waals surface area contributed by atoms with Gasteiger partial charge in [0.25, 0.3) is 0 Å². The van der Waals surface area contributed by atoms with Crippen molar-refractivity contribution in [3.8, 4) is 17.4 Å². The Morgan fingerprint density at radius 1 is 1.50 bits per heavy atom. The molecule has 0 unspecified atom stereocenters. The molecule has 2 heterocycles. The second-order valence-corrected chi connectivity index (χ2v) is 5.58. The maximum Gasteiger partial charge on any atom is 0.167 e. The van der Waals surface area contributed by atoms with Gasteiger partial charge in [-0.3, -0.25) is 4.99 Å². The zero-order chi connectivity index (χ0) is 15.5. The fourth-order valence-corrected chi connectivity index (χ4v) is 3.01. The van der Waals surface area contributed by atoms with Gasteiger partial charge >= 0.3 is 0 Å². The van der Waals surface area contributed by atoms with Crippen molar-refractivity contribution in [1.82, 2.24) is 10.1 Å². The van der Waals surface area contributed by atoms with Crippen molar-refractivity contribution < 1.29 is 4.52 Å². The molecule has 1 fully saturated rings. The Balaban J connectivity index is 1.89. The average Bonchev–Trinajstić information content (AvgIpc) is 3.22. The zero-order valence-electron chi connectivity index (χ0n) is 12.2. The lowest BCUT2D eigenvalue weighted by atomic mass is 10.1. The van der Waals surface area contributed by atoms with E-state index < -0.39 is 0 Å². The van der Waals surface area contributed by atoms with Gasteiger partial charge in [-0.1, -0.05) is 17.3 Å². The van der Waals surface area contributed by atoms with E-state index in [0.717, 1.165) is 35.8 Å². The molecule has 0 spiro atoms. The predicted octanol–water partition coefficient (Wildman–Crippen LogP) is 3.27. The van der Waals surface area contributed by atoms with Gasteiger partial charge in [0, 0.05) is 25.2 Å². The summed E-state index contributed by atoms with van der Waals surface area (Å²) in [5, 5.41) is 13.9. The summed E-state index contributed by atoms with van der Waals surface area (Å²) in [5.41, 5.74) is 2.34. The standard InChI is InChI=1S/C16H16N4OS/c1-18-16(22)20-7-3-6-14(20)13-9-15(21-19-13)12-5-2-4-11(8-12)10-17/h2,4-5,8-9,14H,3,6-7H2,1H3,(H,18,22)/t14-/m1/s1. The summed E-state index contributed by atoms with van der Waals surface area (Å²) in [5.74, 6) is 0.674. The number of hydrogen-bond acceptors (Lipinski definition) is 4. The molecule has 112 valence electrons. The van der Waals surface area contributed by atoms with E-state index in [0.29, 0.717) is 11.3 Å². The minimum absolute atomic E-state index is 0.146. The normalized spacial score (nSPS) is 18.5. The van der Waals surface area contributed by atoms with Gasteiger partial charge in [-0.15, -0.1) is 12.6 Å². The molecule has 6 heteroatoms. The van der Waals surface area contributed by atoms with Gasteiger partial charge in [0.15, 0.2) is 10.9 Å². The molecule has 0 bridgehead atoms. The second-order valence-electron chi connectivity index (χ2n) is 5.18. The number of aliphatic imine (C=N–C) groups is 1. The highest BCUT2D eigenvalue weighted by Gasteiger charge is 2.30. The van der Waals surface area contributed by atoms with Crippen LogP contribution < -0.4 is 0 Å². The van der Waals surface area contributed by atoms with Crippen molar-refractivity contribution in [3.05, 3.63) is 41.6 Å². The molecule has 1 aromatic carbocycles. The van der Waals surface area contributed by atoms with E-state index in [1.165, 1.54) is 0 Å². The smallest absolute Gasteiger partial charge is 0.167 e. The van der Waals surface area contributed by atoms with Gasteiger partial charge in [0.05, 0.1) is 17.7 Å². The summed E-state index contributed by atoms with van der Waals surface area (Å²) < 4.78 is 5.47. The molecule has 2 aromatic rings. The Morgan fingerprint density at radius 2 is 2.36 bits per heavy atom. The lowest BCUT2D eigenvalue weighted by molar-refractivity contribution is 0.362. The van der Waals surface area contributed by atoms with Crippen LogP contribution in [0.3, 0.4) is 0 Å². The number of benzene rings is 1. The third-order valence-electron chi connectivity index (χ3n) is 3.86. The van der Waals surface area contributed by atoms with Crippen molar-refractivity contribution in [2.24, 2.45) is 4.99 Å². The van der Waals surface area contributed by atoms with Crippen LogP contribution in [0.2, 0.25) is 0 Å². The van der Waals surface area contributed by atoms with Crippen LogP contribution in [0.25, 0.3) is 11.3 Å². The van der Waals surface area contributed by atoms with Gasteiger partial charge in [-0.2, -0.15) is 5.26 Å². The van der Waals surface area contributed by atoms with Gasteiger partial charge in [-0.05, 0) is 25.0 Å². The summed E-state index contributed by atoms with van der Waals surface area (Å²) in [6.07, 6.45) is 2.08. The van der Waals surface area contributed by atoms with Gasteiger partial charge in [0.2, 0.25) is 0 Å². The lowest BCUT2D eigenvalue weighted by Crippen LogP contribution is -2.27. The third-order valence-corrected chi connectivity index (χ3v) is 4.31. The van der Waals surface area contributed by atoms with Crippen molar-refractivity contribution in [3.63, 3.8) is 0 Å². The Labute approximate surface area is 134 Å². The molecule has 3 rings (SSSR count). The van der Waals surface area contributed by atoms with E-state index in [-0.39, 0.29) is 6.04 Å². The topological polar surface area (TPSA) is 65.4 Å². The Kier molecular flexibility index (Phi) is 4.16. The molecule has 1 aliphatic heterocycles. The van der Waals surface area contributed by atoms with Crippen LogP contribution in [0.4, 0.5) is 0 Å². The van der Waals surface area contributed by atoms with Crippen molar-refractivity contribution in [2.75, 3.05) is 13.6 Å². The molecule has 0 N–H and O–H groups in total. The predicted molar refractivity (Wildman–Crippen MR) is 87.7 cm³/mol. The highest BCUT2D eigenvalue weighted by molar-refractivity contribution is 7.96. The number of likely N-dealkylation sites (tertiary alicyclic amines) is 1. The minimum Gasteiger partial charge on any atom is -0.356 e. The summed E-state index contributed by atoms with van der Waals surface area (Å²) >= 11 is 4.42. The molecular formula is C16H16N4OS. The quantitative estimate of drug-likeness (QED) is 0.525. The Morgan fingerprint density at radius 3 is 3.14 bits per heavy atom. The van der Waals surface area contributed by atoms with Crippen LogP contribution >= 0.6 is 12.6 Å². The molecule has 0 aliphatic carbocycles. The number of nitriles is 1. The first-order valence-corrected chi connectivity index (χ1v) is 7.57. The number of amidine groups is 1. The maximum absolute atomic E-state index is 8.99. The molecule has 1 aromatic heterocycles. The number of thiol groups is 1. The zero-order valence-corrected chi connectivity index (χ0v) is 13.1. The van der Waals surface area contributed by atoms with E-state index in [1.807, 2.05) is 18.2 Å². The van der Waals surface area contributed by atoms with Crippen molar-refractivity contribution in [2.45, 2.75) is 18.9 Å². The van der Waals surface area contributed by atoms with E-state index in [4.69, 9.17) is 9.78 Å². The molecular weight excluding hydrogens is 296 g/mol. The molecule has 1 saturated heterocycles. The Hall–Kier alpha value is -2.26. The number of hydrogen-bond donors (Lipinski definition) is 1. The van der Waals surface area contributed by atoms with E-state index in [2.05, 4.69) is 33.7 Å². The fraction of sp³-hybridized carbons (Fsp3) is 0.312. The molecule has 1 aliphatic rings. The van der Waals surface area contributed by atoms with Crippen LogP contribution in [0, 0.1) is 11.3 Å². The molecule has 0 saturated carbocycles. The van der Waals surface area contributed by atoms with Crippen LogP contribution in [-0.2, 0) is 0 Å². The fourth-order valence-electron chi connectivity index (χ4n) is 2.77. The van der Waals surface area contributed by atoms with Gasteiger partial charge in [0.1, 0.15) is 5.69 Å². The highest BCUT2D eigenvalue weighted by Crippen LogP contribution is 2.34. The summed E-state index contributed by atoms with van der Waals surface area (Å²) in [6.45, 7) is 0.924. The number of aromatic nitrogens is 1. The summed E-state index contributed by atoms with van der Waals surface area (Å²) in [7, 11) is 1.74. The van der Waals surface area contributed by atoms with Crippen LogP contribution in [0.1, 0.15) is 30.1 Å². The second kappa shape index (κ2) is 6.24. The monoisotopic (exact) mass is 312 g/mol. The largest absolute Gasteiger partial charge is 0.356 e. The first-order chi connectivity index (χ1) is 10.7. The lowest BCUT2D eigenvalue weighted by Gasteiger charge is -2.23. The van der Waals surface area contributed by atoms with E-state index in [1.54, 1.807) is 19.2 Å². The highest BCUT2D eigenvalue weighted by atomic mass is 32.1. The first-order valence-electron chi connectivity index (χ1n) is 7.12. The van der Waals surface area contributed by atoms with E-state index >= 15 is 0 Å². The molecule has 1 atom stereocenters. The third kappa shape index (κ3) is 2.72. The summed E-state index contributed by atoms with van der Waals surface area (Å²) in [6, 6.07) is 11.5. The minimum atomic E-state index is 0.146. The number of rotatable bonds is 2. The molecule has 22 heavy (non-hydrogen) atoms. The molecule has 0 radical (unpaired) electrons. The first kappa shape index (κ1) is 14.7. The number of nitrogens with zero attached hydrogens (tertiary/aromatic N) is 4. The molecule has 0 amide bonds. The van der Waals surface area contributed by atoms with Crippen LogP contribution in [0.15, 0.2) is 39.8 Å². The average molecular weight is 312 g/mol. The van der Waals surface area contributed by atoms with Crippen molar-refractivity contribution >= 4 is 17.8 Å². The SMILES string of the molecule is C/N=C(\S)N1CCC[C@@H]1c1cc(-c2cccc(C#N)c2)on1. The Bertz CT molecular complexity index is 747. The van der Waals surface area contributed by atoms with Gasteiger partial charge in [-0.25, -0.2) is 0 Å². The van der Waals surface area contributed by atoms with E-state index in [9.17, 15) is 0 Å². The molecule has 5 nitrogen and oxygen atoms in total. The van der Waals surface area contributed by atoms with Crippen molar-refractivity contribution in [1.29, 1.82) is 5.26 Å².